The van der Waals surface area contributed by atoms with Crippen LogP contribution >= 0.6 is 0 Å². The highest BCUT2D eigenvalue weighted by molar-refractivity contribution is 5.78. The molecule has 0 aliphatic rings. The number of aryl methyl sites for hydroxylation is 1. The van der Waals surface area contributed by atoms with E-state index in [0.717, 1.165) is 28.8 Å². The molecule has 3 heterocycles. The van der Waals surface area contributed by atoms with Crippen LogP contribution in [0.15, 0.2) is 71.4 Å². The maximum absolute atomic E-state index is 13.1. The predicted octanol–water partition coefficient (Wildman–Crippen LogP) is 4.76. The summed E-state index contributed by atoms with van der Waals surface area (Å²) in [4.78, 5) is 22.6. The Kier molecular flexibility index (Phi) is 6.40. The number of hydrogen-bond donors (Lipinski definition) is 0. The van der Waals surface area contributed by atoms with Crippen LogP contribution in [0.4, 0.5) is 0 Å². The number of aromatic nitrogens is 6. The molecule has 33 heavy (non-hydrogen) atoms. The average Bonchev–Trinajstić information content (AvgIpc) is 3.43. The molecule has 170 valence electrons. The molecule has 0 atom stereocenters. The highest BCUT2D eigenvalue weighted by Crippen LogP contribution is 2.26. The van der Waals surface area contributed by atoms with E-state index < -0.39 is 0 Å². The quantitative estimate of drug-likeness (QED) is 0.387. The van der Waals surface area contributed by atoms with E-state index in [1.54, 1.807) is 28.6 Å². The van der Waals surface area contributed by atoms with Crippen molar-refractivity contribution < 1.29 is 0 Å². The van der Waals surface area contributed by atoms with Crippen LogP contribution in [0.25, 0.3) is 22.4 Å². The number of fused-ring (bicyclic) bond motifs is 1. The van der Waals surface area contributed by atoms with Crippen molar-refractivity contribution in [2.75, 3.05) is 0 Å². The summed E-state index contributed by atoms with van der Waals surface area (Å²) < 4.78 is 5.14. The van der Waals surface area contributed by atoms with Gasteiger partial charge >= 0.3 is 5.69 Å². The second kappa shape index (κ2) is 9.40. The minimum atomic E-state index is -0.108. The van der Waals surface area contributed by atoms with E-state index in [0.29, 0.717) is 23.9 Å². The number of rotatable bonds is 7. The van der Waals surface area contributed by atoms with Gasteiger partial charge in [0.15, 0.2) is 11.5 Å². The van der Waals surface area contributed by atoms with Crippen LogP contribution in [-0.2, 0) is 13.6 Å². The molecule has 0 fully saturated rings. The molecule has 0 aliphatic carbocycles. The van der Waals surface area contributed by atoms with E-state index >= 15 is 0 Å². The predicted molar refractivity (Wildman–Crippen MR) is 132 cm³/mol. The summed E-state index contributed by atoms with van der Waals surface area (Å²) >= 11 is 0. The first-order valence-electron chi connectivity index (χ1n) is 11.3. The van der Waals surface area contributed by atoms with E-state index in [-0.39, 0.29) is 5.69 Å². The van der Waals surface area contributed by atoms with E-state index in [4.69, 9.17) is 4.98 Å². The van der Waals surface area contributed by atoms with Gasteiger partial charge < -0.3 is 0 Å². The summed E-state index contributed by atoms with van der Waals surface area (Å²) in [6, 6.07) is 9.93. The fourth-order valence-electron chi connectivity index (χ4n) is 4.21. The van der Waals surface area contributed by atoms with Gasteiger partial charge in [-0.15, -0.1) is 0 Å². The van der Waals surface area contributed by atoms with E-state index in [1.165, 1.54) is 5.57 Å². The summed E-state index contributed by atoms with van der Waals surface area (Å²) in [5.74, 6) is 1.03. The Balaban J connectivity index is 1.79. The van der Waals surface area contributed by atoms with Crippen molar-refractivity contribution in [3.8, 4) is 5.69 Å². The van der Waals surface area contributed by atoms with Crippen LogP contribution in [0.1, 0.15) is 45.5 Å². The Morgan fingerprint density at radius 3 is 2.55 bits per heavy atom. The Labute approximate surface area is 193 Å². The molecule has 0 saturated heterocycles. The van der Waals surface area contributed by atoms with Crippen LogP contribution in [0.3, 0.4) is 0 Å². The molecule has 0 radical (unpaired) electrons. The third kappa shape index (κ3) is 4.31. The van der Waals surface area contributed by atoms with Crippen molar-refractivity contribution in [2.24, 2.45) is 13.0 Å². The molecular formula is C26H30N6O. The molecule has 7 heteroatoms. The molecule has 0 saturated carbocycles. The molecule has 1 aromatic carbocycles. The lowest BCUT2D eigenvalue weighted by molar-refractivity contribution is 0.729. The summed E-state index contributed by atoms with van der Waals surface area (Å²) in [5.41, 5.74) is 5.57. The molecule has 4 aromatic rings. The summed E-state index contributed by atoms with van der Waals surface area (Å²) in [7, 11) is 1.76. The first kappa shape index (κ1) is 22.5. The van der Waals surface area contributed by atoms with Gasteiger partial charge in [0.1, 0.15) is 5.52 Å². The molecule has 0 bridgehead atoms. The van der Waals surface area contributed by atoms with Gasteiger partial charge in [-0.2, -0.15) is 5.10 Å². The van der Waals surface area contributed by atoms with Gasteiger partial charge in [0.25, 0.3) is 0 Å². The van der Waals surface area contributed by atoms with Crippen molar-refractivity contribution in [1.29, 1.82) is 0 Å². The number of allylic oxidation sites excluding steroid dienone is 4. The summed E-state index contributed by atoms with van der Waals surface area (Å²) in [6.07, 6.45) is 10.4. The van der Waals surface area contributed by atoms with Crippen molar-refractivity contribution in [3.05, 3.63) is 88.5 Å². The minimum absolute atomic E-state index is 0.108. The number of nitrogens with zero attached hydrogens (tertiary/aromatic N) is 6. The first-order chi connectivity index (χ1) is 15.9. The largest absolute Gasteiger partial charge is 0.330 e. The van der Waals surface area contributed by atoms with Crippen molar-refractivity contribution in [3.63, 3.8) is 0 Å². The molecule has 4 rings (SSSR count). The summed E-state index contributed by atoms with van der Waals surface area (Å²) in [5, 5.41) is 4.26. The van der Waals surface area contributed by atoms with E-state index in [9.17, 15) is 4.79 Å². The zero-order chi connectivity index (χ0) is 23.5. The van der Waals surface area contributed by atoms with Crippen LogP contribution in [-0.4, -0.2) is 28.9 Å². The van der Waals surface area contributed by atoms with Crippen molar-refractivity contribution in [1.82, 2.24) is 28.9 Å². The topological polar surface area (TPSA) is 70.5 Å². The second-order valence-corrected chi connectivity index (χ2v) is 8.39. The second-order valence-electron chi connectivity index (χ2n) is 8.39. The monoisotopic (exact) mass is 442 g/mol. The number of imidazole rings is 1. The maximum atomic E-state index is 13.1. The van der Waals surface area contributed by atoms with Crippen LogP contribution in [0, 0.1) is 5.92 Å². The Hall–Kier alpha value is -3.74. The highest BCUT2D eigenvalue weighted by atomic mass is 16.1. The zero-order valence-electron chi connectivity index (χ0n) is 19.9. The maximum Gasteiger partial charge on any atom is 0.330 e. The lowest BCUT2D eigenvalue weighted by Gasteiger charge is -2.14. The number of benzene rings is 1. The van der Waals surface area contributed by atoms with Gasteiger partial charge in [0.2, 0.25) is 0 Å². The Bertz CT molecular complexity index is 1370. The van der Waals surface area contributed by atoms with Gasteiger partial charge in [-0.3, -0.25) is 9.13 Å². The molecule has 7 nitrogen and oxygen atoms in total. The normalized spacial score (nSPS) is 12.8. The van der Waals surface area contributed by atoms with Gasteiger partial charge in [0.05, 0.1) is 18.4 Å². The van der Waals surface area contributed by atoms with Crippen LogP contribution in [0.5, 0.6) is 0 Å². The molecular weight excluding hydrogens is 412 g/mol. The SMILES string of the molecule is C/C=C\C(=C(/CC)C(C)C)c1ncc2c(n1)n(Cc1ccc(-n3cccn3)cc1)c(=O)n2C. The minimum Gasteiger partial charge on any atom is -0.292 e. The smallest absolute Gasteiger partial charge is 0.292 e. The van der Waals surface area contributed by atoms with Crippen LogP contribution < -0.4 is 5.69 Å². The van der Waals surface area contributed by atoms with Crippen LogP contribution in [0.2, 0.25) is 0 Å². The lowest BCUT2D eigenvalue weighted by atomic mass is 9.94. The first-order valence-corrected chi connectivity index (χ1v) is 11.3. The summed E-state index contributed by atoms with van der Waals surface area (Å²) in [6.45, 7) is 8.96. The van der Waals surface area contributed by atoms with Gasteiger partial charge in [-0.1, -0.05) is 50.6 Å². The van der Waals surface area contributed by atoms with Crippen molar-refractivity contribution >= 4 is 16.7 Å². The van der Waals surface area contributed by atoms with E-state index in [2.05, 4.69) is 36.9 Å². The molecule has 3 aromatic heterocycles. The third-order valence-electron chi connectivity index (χ3n) is 5.93. The van der Waals surface area contributed by atoms with Gasteiger partial charge in [-0.05, 0) is 43.0 Å². The average molecular weight is 443 g/mol. The highest BCUT2D eigenvalue weighted by Gasteiger charge is 2.17. The third-order valence-corrected chi connectivity index (χ3v) is 5.93. The molecule has 0 unspecified atom stereocenters. The molecule has 0 N–H and O–H groups in total. The Morgan fingerprint density at radius 1 is 1.18 bits per heavy atom. The molecule has 0 spiro atoms. The fraction of sp³-hybridized carbons (Fsp3) is 0.308. The molecule has 0 amide bonds. The Morgan fingerprint density at radius 2 is 1.94 bits per heavy atom. The van der Waals surface area contributed by atoms with Gasteiger partial charge in [-0.25, -0.2) is 19.4 Å². The lowest BCUT2D eigenvalue weighted by Crippen LogP contribution is -2.22. The van der Waals surface area contributed by atoms with Gasteiger partial charge in [0, 0.05) is 25.0 Å². The van der Waals surface area contributed by atoms with E-state index in [1.807, 2.05) is 54.2 Å². The fourth-order valence-corrected chi connectivity index (χ4v) is 4.21. The zero-order valence-corrected chi connectivity index (χ0v) is 19.9. The standard InChI is InChI=1S/C26H30N6O/c1-6-9-22(21(7-2)18(3)4)24-27-16-23-25(29-24)31(26(33)30(23)5)17-19-10-12-20(13-11-19)32-15-8-14-28-32/h6,8-16,18H,7,17H2,1-5H3/b9-6-,22-21-. The van der Waals surface area contributed by atoms with Crippen molar-refractivity contribution in [2.45, 2.75) is 40.7 Å². The number of hydrogen-bond acceptors (Lipinski definition) is 4. The molecule has 0 aliphatic heterocycles.